The maximum atomic E-state index is 11.2. The van der Waals surface area contributed by atoms with Crippen LogP contribution in [0.5, 0.6) is 0 Å². The Morgan fingerprint density at radius 2 is 1.35 bits per heavy atom. The van der Waals surface area contributed by atoms with Crippen molar-refractivity contribution >= 4 is 23.9 Å². The van der Waals surface area contributed by atoms with Gasteiger partial charge in [0.1, 0.15) is 18.8 Å². The van der Waals surface area contributed by atoms with Crippen LogP contribution in [0.4, 0.5) is 0 Å². The second-order valence-electron chi connectivity index (χ2n) is 4.99. The molecule has 1 heterocycles. The predicted molar refractivity (Wildman–Crippen MR) is 72.8 cm³/mol. The van der Waals surface area contributed by atoms with Crippen molar-refractivity contribution in [1.82, 2.24) is 0 Å². The van der Waals surface area contributed by atoms with Crippen molar-refractivity contribution < 1.29 is 42.9 Å². The van der Waals surface area contributed by atoms with Crippen molar-refractivity contribution in [3.8, 4) is 0 Å². The van der Waals surface area contributed by atoms with Gasteiger partial charge in [0, 0.05) is 34.1 Å². The zero-order valence-electron chi connectivity index (χ0n) is 13.4. The third kappa shape index (κ3) is 6.64. The molecule has 9 nitrogen and oxygen atoms in total. The summed E-state index contributed by atoms with van der Waals surface area (Å²) in [5, 5.41) is 0. The molecule has 1 fully saturated rings. The smallest absolute Gasteiger partial charge is 0.305 e. The summed E-state index contributed by atoms with van der Waals surface area (Å²) >= 11 is 0. The Morgan fingerprint density at radius 3 is 1.83 bits per heavy atom. The Morgan fingerprint density at radius 1 is 0.826 bits per heavy atom. The topological polar surface area (TPSA) is 114 Å². The number of carbonyl (C=O) groups is 4. The molecule has 1 saturated heterocycles. The molecule has 0 saturated carbocycles. The molecule has 0 aromatic rings. The van der Waals surface area contributed by atoms with Gasteiger partial charge in [-0.25, -0.2) is 0 Å². The highest BCUT2D eigenvalue weighted by atomic mass is 16.7. The van der Waals surface area contributed by atoms with E-state index in [1.165, 1.54) is 27.7 Å². The van der Waals surface area contributed by atoms with Crippen molar-refractivity contribution in [2.24, 2.45) is 0 Å². The zero-order valence-corrected chi connectivity index (χ0v) is 13.4. The number of hydrogen-bond donors (Lipinski definition) is 0. The van der Waals surface area contributed by atoms with Gasteiger partial charge in [-0.2, -0.15) is 0 Å². The van der Waals surface area contributed by atoms with Crippen LogP contribution in [0.2, 0.25) is 0 Å². The van der Waals surface area contributed by atoms with E-state index in [4.69, 9.17) is 23.7 Å². The normalized spacial score (nSPS) is 26.8. The van der Waals surface area contributed by atoms with Gasteiger partial charge in [-0.15, -0.1) is 0 Å². The Bertz CT molecular complexity index is 473. The number of rotatable bonds is 5. The van der Waals surface area contributed by atoms with E-state index in [0.717, 1.165) is 0 Å². The summed E-state index contributed by atoms with van der Waals surface area (Å²) in [6.45, 7) is 4.60. The number of ether oxygens (including phenoxy) is 5. The van der Waals surface area contributed by atoms with Gasteiger partial charge in [0.25, 0.3) is 0 Å². The highest BCUT2D eigenvalue weighted by molar-refractivity contribution is 5.68. The molecule has 0 amide bonds. The quantitative estimate of drug-likeness (QED) is 0.510. The van der Waals surface area contributed by atoms with Gasteiger partial charge in [0.2, 0.25) is 6.29 Å². The Balaban J connectivity index is 2.89. The van der Waals surface area contributed by atoms with Gasteiger partial charge in [-0.3, -0.25) is 19.2 Å². The van der Waals surface area contributed by atoms with E-state index in [2.05, 4.69) is 0 Å². The van der Waals surface area contributed by atoms with Crippen molar-refractivity contribution in [3.05, 3.63) is 0 Å². The van der Waals surface area contributed by atoms with Crippen LogP contribution >= 0.6 is 0 Å². The first-order valence-corrected chi connectivity index (χ1v) is 6.99. The van der Waals surface area contributed by atoms with Crippen LogP contribution in [0, 0.1) is 0 Å². The van der Waals surface area contributed by atoms with Gasteiger partial charge >= 0.3 is 23.9 Å². The van der Waals surface area contributed by atoms with Gasteiger partial charge in [-0.1, -0.05) is 0 Å². The maximum Gasteiger partial charge on any atom is 0.305 e. The monoisotopic (exact) mass is 332 g/mol. The molecular weight excluding hydrogens is 312 g/mol. The summed E-state index contributed by atoms with van der Waals surface area (Å²) in [5.41, 5.74) is 0. The number of esters is 4. The van der Waals surface area contributed by atoms with Crippen molar-refractivity contribution in [2.75, 3.05) is 6.61 Å². The average Bonchev–Trinajstić information content (AvgIpc) is 2.38. The summed E-state index contributed by atoms with van der Waals surface area (Å²) in [5.74, 6) is -2.35. The van der Waals surface area contributed by atoms with Crippen molar-refractivity contribution in [1.29, 1.82) is 0 Å². The van der Waals surface area contributed by atoms with E-state index in [-0.39, 0.29) is 13.0 Å². The van der Waals surface area contributed by atoms with Crippen LogP contribution in [0.15, 0.2) is 0 Å². The van der Waals surface area contributed by atoms with E-state index in [0.29, 0.717) is 0 Å². The number of hydrogen-bond acceptors (Lipinski definition) is 9. The number of carbonyl (C=O) groups excluding carboxylic acids is 4. The van der Waals surface area contributed by atoms with Crippen molar-refractivity contribution in [3.63, 3.8) is 0 Å². The maximum absolute atomic E-state index is 11.2. The highest BCUT2D eigenvalue weighted by Crippen LogP contribution is 2.26. The SMILES string of the molecule is CC(=O)OCC1OC(OC(C)=O)C(OC(C)=O)C[C@@H]1OC(C)=O. The molecule has 0 spiro atoms. The van der Waals surface area contributed by atoms with E-state index >= 15 is 0 Å². The van der Waals surface area contributed by atoms with Gasteiger partial charge in [0.15, 0.2) is 6.10 Å². The van der Waals surface area contributed by atoms with Crippen LogP contribution in [0.3, 0.4) is 0 Å². The molecule has 9 heteroatoms. The molecule has 4 atom stereocenters. The third-order valence-corrected chi connectivity index (χ3v) is 2.86. The van der Waals surface area contributed by atoms with E-state index in [9.17, 15) is 19.2 Å². The van der Waals surface area contributed by atoms with Crippen LogP contribution in [-0.2, 0) is 42.9 Å². The van der Waals surface area contributed by atoms with E-state index in [1.54, 1.807) is 0 Å². The molecule has 23 heavy (non-hydrogen) atoms. The standard InChI is InChI=1S/C14H20O9/c1-7(15)19-6-13-11(20-8(2)16)5-12(21-9(3)17)14(23-13)22-10(4)18/h11-14H,5-6H2,1-4H3/t11-,12?,13?,14?/m0/s1. The minimum absolute atomic E-state index is 0.0447. The second kappa shape index (κ2) is 8.47. The molecule has 3 unspecified atom stereocenters. The Hall–Kier alpha value is -2.16. The molecule has 130 valence electrons. The average molecular weight is 332 g/mol. The molecule has 1 aliphatic rings. The van der Waals surface area contributed by atoms with E-state index in [1.807, 2.05) is 0 Å². The largest absolute Gasteiger partial charge is 0.463 e. The van der Waals surface area contributed by atoms with Crippen LogP contribution < -0.4 is 0 Å². The molecule has 1 rings (SSSR count). The third-order valence-electron chi connectivity index (χ3n) is 2.86. The first-order valence-electron chi connectivity index (χ1n) is 6.99. The summed E-state index contributed by atoms with van der Waals surface area (Å²) in [6.07, 6.45) is -3.73. The first kappa shape index (κ1) is 18.9. The van der Waals surface area contributed by atoms with Crippen LogP contribution in [0.25, 0.3) is 0 Å². The molecule has 0 radical (unpaired) electrons. The zero-order chi connectivity index (χ0) is 17.6. The summed E-state index contributed by atoms with van der Waals surface area (Å²) in [7, 11) is 0. The molecule has 1 aliphatic heterocycles. The Labute approximate surface area is 133 Å². The fourth-order valence-electron chi connectivity index (χ4n) is 2.11. The lowest BCUT2D eigenvalue weighted by molar-refractivity contribution is -0.270. The molecule has 0 N–H and O–H groups in total. The molecule has 0 bridgehead atoms. The van der Waals surface area contributed by atoms with Crippen LogP contribution in [0.1, 0.15) is 34.1 Å². The molecule has 0 aromatic heterocycles. The summed E-state index contributed by atoms with van der Waals surface area (Å²) in [6, 6.07) is 0. The molecule has 0 aromatic carbocycles. The highest BCUT2D eigenvalue weighted by Gasteiger charge is 2.43. The lowest BCUT2D eigenvalue weighted by atomic mass is 10.0. The predicted octanol–water partition coefficient (Wildman–Crippen LogP) is 0.0910. The van der Waals surface area contributed by atoms with Gasteiger partial charge < -0.3 is 23.7 Å². The Kier molecular flexibility index (Phi) is 6.95. The van der Waals surface area contributed by atoms with Gasteiger partial charge in [-0.05, 0) is 0 Å². The summed E-state index contributed by atoms with van der Waals surface area (Å²) < 4.78 is 25.5. The lowest BCUT2D eigenvalue weighted by Gasteiger charge is -2.39. The summed E-state index contributed by atoms with van der Waals surface area (Å²) in [4.78, 5) is 44.5. The van der Waals surface area contributed by atoms with Crippen LogP contribution in [-0.4, -0.2) is 55.1 Å². The molecular formula is C14H20O9. The van der Waals surface area contributed by atoms with Crippen molar-refractivity contribution in [2.45, 2.75) is 58.7 Å². The minimum atomic E-state index is -1.18. The second-order valence-corrected chi connectivity index (χ2v) is 4.99. The minimum Gasteiger partial charge on any atom is -0.463 e. The molecule has 0 aliphatic carbocycles. The first-order chi connectivity index (χ1) is 10.7. The lowest BCUT2D eigenvalue weighted by Crippen LogP contribution is -2.53. The fourth-order valence-corrected chi connectivity index (χ4v) is 2.11. The fraction of sp³-hybridized carbons (Fsp3) is 0.714. The van der Waals surface area contributed by atoms with E-state index < -0.39 is 48.5 Å². The van der Waals surface area contributed by atoms with Gasteiger partial charge in [0.05, 0.1) is 0 Å².